The highest BCUT2D eigenvalue weighted by atomic mass is 16.5. The third kappa shape index (κ3) is 2.63. The Kier molecular flexibility index (Phi) is 3.09. The fourth-order valence-corrected chi connectivity index (χ4v) is 0.849. The van der Waals surface area contributed by atoms with Crippen LogP contribution in [0.3, 0.4) is 0 Å². The van der Waals surface area contributed by atoms with E-state index in [2.05, 4.69) is 0 Å². The molecule has 0 aliphatic heterocycles. The van der Waals surface area contributed by atoms with Gasteiger partial charge in [-0.25, -0.2) is 4.79 Å². The predicted molar refractivity (Wildman–Crippen MR) is 48.8 cm³/mol. The van der Waals surface area contributed by atoms with Crippen molar-refractivity contribution < 1.29 is 14.6 Å². The average molecular weight is 178 g/mol. The molecule has 1 aromatic rings. The highest BCUT2D eigenvalue weighted by Crippen LogP contribution is 2.13. The van der Waals surface area contributed by atoms with Crippen molar-refractivity contribution in [3.05, 3.63) is 42.2 Å². The van der Waals surface area contributed by atoms with Gasteiger partial charge in [0.25, 0.3) is 0 Å². The molecule has 1 aromatic carbocycles. The van der Waals surface area contributed by atoms with Crippen LogP contribution in [-0.4, -0.2) is 11.1 Å². The average Bonchev–Trinajstić information content (AvgIpc) is 2.15. The molecule has 1 N–H and O–H groups in total. The number of ether oxygens (including phenoxy) is 1. The number of allylic oxidation sites excluding steroid dienone is 1. The van der Waals surface area contributed by atoms with Crippen LogP contribution in [0.1, 0.15) is 17.3 Å². The number of rotatable bonds is 3. The molecule has 0 bridgehead atoms. The van der Waals surface area contributed by atoms with Crippen molar-refractivity contribution in [2.24, 2.45) is 0 Å². The Morgan fingerprint density at radius 1 is 1.54 bits per heavy atom. The second-order valence-electron chi connectivity index (χ2n) is 2.42. The van der Waals surface area contributed by atoms with E-state index in [-0.39, 0.29) is 5.56 Å². The summed E-state index contributed by atoms with van der Waals surface area (Å²) in [4.78, 5) is 10.6. The van der Waals surface area contributed by atoms with Crippen LogP contribution in [0.25, 0.3) is 0 Å². The molecule has 0 spiro atoms. The van der Waals surface area contributed by atoms with Gasteiger partial charge in [0.05, 0.1) is 11.8 Å². The van der Waals surface area contributed by atoms with E-state index in [4.69, 9.17) is 9.84 Å². The van der Waals surface area contributed by atoms with Crippen LogP contribution in [0.2, 0.25) is 0 Å². The van der Waals surface area contributed by atoms with E-state index in [0.29, 0.717) is 5.75 Å². The van der Waals surface area contributed by atoms with Crippen LogP contribution in [-0.2, 0) is 0 Å². The van der Waals surface area contributed by atoms with Crippen molar-refractivity contribution in [2.75, 3.05) is 0 Å². The first-order valence-electron chi connectivity index (χ1n) is 3.85. The summed E-state index contributed by atoms with van der Waals surface area (Å²) in [5, 5.41) is 8.66. The lowest BCUT2D eigenvalue weighted by molar-refractivity contribution is 0.0696. The van der Waals surface area contributed by atoms with Crippen LogP contribution in [0.15, 0.2) is 36.6 Å². The molecule has 0 saturated heterocycles. The topological polar surface area (TPSA) is 46.5 Å². The van der Waals surface area contributed by atoms with Crippen molar-refractivity contribution in [1.29, 1.82) is 0 Å². The molecule has 0 atom stereocenters. The van der Waals surface area contributed by atoms with E-state index in [9.17, 15) is 4.79 Å². The Morgan fingerprint density at radius 3 is 2.92 bits per heavy atom. The zero-order valence-corrected chi connectivity index (χ0v) is 7.23. The largest absolute Gasteiger partial charge is 0.478 e. The van der Waals surface area contributed by atoms with Gasteiger partial charge in [0, 0.05) is 0 Å². The van der Waals surface area contributed by atoms with E-state index >= 15 is 0 Å². The molecule has 0 fully saturated rings. The Balaban J connectivity index is 2.85. The van der Waals surface area contributed by atoms with Crippen molar-refractivity contribution in [2.45, 2.75) is 6.92 Å². The summed E-state index contributed by atoms with van der Waals surface area (Å²) in [6, 6.07) is 6.34. The van der Waals surface area contributed by atoms with Gasteiger partial charge in [-0.2, -0.15) is 0 Å². The molecule has 0 amide bonds. The Hall–Kier alpha value is -1.77. The minimum Gasteiger partial charge on any atom is -0.478 e. The quantitative estimate of drug-likeness (QED) is 0.722. The highest BCUT2D eigenvalue weighted by Gasteiger charge is 2.02. The van der Waals surface area contributed by atoms with Crippen molar-refractivity contribution >= 4 is 5.97 Å². The first kappa shape index (κ1) is 9.32. The molecule has 3 heteroatoms. The van der Waals surface area contributed by atoms with Crippen LogP contribution in [0.4, 0.5) is 0 Å². The molecule has 0 heterocycles. The SMILES string of the molecule is CC=COc1cccc(C(=O)O)c1. The maximum Gasteiger partial charge on any atom is 0.335 e. The third-order valence-corrected chi connectivity index (χ3v) is 1.42. The second kappa shape index (κ2) is 4.30. The summed E-state index contributed by atoms with van der Waals surface area (Å²) >= 11 is 0. The van der Waals surface area contributed by atoms with Crippen LogP contribution < -0.4 is 4.74 Å². The number of hydrogen-bond donors (Lipinski definition) is 1. The van der Waals surface area contributed by atoms with Gasteiger partial charge in [0.15, 0.2) is 0 Å². The normalized spacial score (nSPS) is 10.2. The highest BCUT2D eigenvalue weighted by molar-refractivity contribution is 5.87. The van der Waals surface area contributed by atoms with E-state index in [1.54, 1.807) is 18.2 Å². The van der Waals surface area contributed by atoms with Gasteiger partial charge in [-0.3, -0.25) is 0 Å². The summed E-state index contributed by atoms with van der Waals surface area (Å²) in [5.41, 5.74) is 0.224. The molecule has 0 aliphatic rings. The molecule has 0 aromatic heterocycles. The fourth-order valence-electron chi connectivity index (χ4n) is 0.849. The summed E-state index contributed by atoms with van der Waals surface area (Å²) in [6.07, 6.45) is 3.23. The molecule has 3 nitrogen and oxygen atoms in total. The number of carboxylic acids is 1. The van der Waals surface area contributed by atoms with E-state index < -0.39 is 5.97 Å². The van der Waals surface area contributed by atoms with Gasteiger partial charge >= 0.3 is 5.97 Å². The molecule has 1 rings (SSSR count). The molecule has 0 radical (unpaired) electrons. The lowest BCUT2D eigenvalue weighted by atomic mass is 10.2. The van der Waals surface area contributed by atoms with Crippen molar-refractivity contribution in [3.63, 3.8) is 0 Å². The third-order valence-electron chi connectivity index (χ3n) is 1.42. The Morgan fingerprint density at radius 2 is 2.31 bits per heavy atom. The van der Waals surface area contributed by atoms with Crippen LogP contribution in [0.5, 0.6) is 5.75 Å². The lowest BCUT2D eigenvalue weighted by Gasteiger charge is -2.00. The summed E-state index contributed by atoms with van der Waals surface area (Å²) in [5.74, 6) is -0.427. The fraction of sp³-hybridized carbons (Fsp3) is 0.100. The van der Waals surface area contributed by atoms with Gasteiger partial charge in [0.2, 0.25) is 0 Å². The van der Waals surface area contributed by atoms with Crippen molar-refractivity contribution in [1.82, 2.24) is 0 Å². The van der Waals surface area contributed by atoms with E-state index in [0.717, 1.165) is 0 Å². The predicted octanol–water partition coefficient (Wildman–Crippen LogP) is 2.30. The molecule has 0 saturated carbocycles. The number of carbonyl (C=O) groups is 1. The molecule has 68 valence electrons. The summed E-state index contributed by atoms with van der Waals surface area (Å²) < 4.78 is 5.10. The smallest absolute Gasteiger partial charge is 0.335 e. The number of aromatic carboxylic acids is 1. The van der Waals surface area contributed by atoms with E-state index in [1.165, 1.54) is 18.4 Å². The van der Waals surface area contributed by atoms with Gasteiger partial charge in [-0.1, -0.05) is 12.1 Å². The standard InChI is InChI=1S/C10H10O3/c1-2-6-13-9-5-3-4-8(7-9)10(11)12/h2-7H,1H3,(H,11,12). The summed E-state index contributed by atoms with van der Waals surface area (Å²) in [7, 11) is 0. The second-order valence-corrected chi connectivity index (χ2v) is 2.42. The van der Waals surface area contributed by atoms with Gasteiger partial charge in [-0.15, -0.1) is 0 Å². The maximum absolute atomic E-state index is 10.6. The molecule has 0 aliphatic carbocycles. The Bertz CT molecular complexity index is 329. The number of carboxylic acid groups (broad SMARTS) is 1. The van der Waals surface area contributed by atoms with Crippen LogP contribution in [0, 0.1) is 0 Å². The van der Waals surface area contributed by atoms with Crippen molar-refractivity contribution in [3.8, 4) is 5.75 Å². The first-order chi connectivity index (χ1) is 6.24. The molecule has 0 unspecified atom stereocenters. The van der Waals surface area contributed by atoms with Gasteiger partial charge in [0.1, 0.15) is 5.75 Å². The minimum absolute atomic E-state index is 0.224. The maximum atomic E-state index is 10.6. The molecular formula is C10H10O3. The van der Waals surface area contributed by atoms with Gasteiger partial charge in [-0.05, 0) is 25.1 Å². The number of benzene rings is 1. The number of hydrogen-bond acceptors (Lipinski definition) is 2. The minimum atomic E-state index is -0.953. The zero-order valence-electron chi connectivity index (χ0n) is 7.23. The van der Waals surface area contributed by atoms with Crippen LogP contribution >= 0.6 is 0 Å². The summed E-state index contributed by atoms with van der Waals surface area (Å²) in [6.45, 7) is 1.82. The van der Waals surface area contributed by atoms with Gasteiger partial charge < -0.3 is 9.84 Å². The lowest BCUT2D eigenvalue weighted by Crippen LogP contribution is -1.95. The first-order valence-corrected chi connectivity index (χ1v) is 3.85. The molecular weight excluding hydrogens is 168 g/mol. The molecule has 13 heavy (non-hydrogen) atoms. The monoisotopic (exact) mass is 178 g/mol. The Labute approximate surface area is 76.3 Å². The zero-order chi connectivity index (χ0) is 9.68. The van der Waals surface area contributed by atoms with E-state index in [1.807, 2.05) is 6.92 Å².